The topological polar surface area (TPSA) is 95.9 Å². The maximum absolute atomic E-state index is 13.2. The molecule has 0 spiro atoms. The van der Waals surface area contributed by atoms with E-state index < -0.39 is 18.2 Å². The summed E-state index contributed by atoms with van der Waals surface area (Å²) in [4.78, 5) is 26.2. The van der Waals surface area contributed by atoms with Crippen LogP contribution in [0.25, 0.3) is 0 Å². The number of rotatable bonds is 47. The first-order chi connectivity index (χ1) is 33.0. The number of hydrogen-bond acceptors (Lipinski definition) is 5. The molecule has 3 atom stereocenters. The summed E-state index contributed by atoms with van der Waals surface area (Å²) in [6, 6.07) is -0.739. The van der Waals surface area contributed by atoms with Crippen molar-refractivity contribution >= 4 is 11.9 Å². The van der Waals surface area contributed by atoms with Crippen molar-refractivity contribution in [2.24, 2.45) is 0 Å². The van der Waals surface area contributed by atoms with Crippen molar-refractivity contribution in [1.82, 2.24) is 5.32 Å². The van der Waals surface area contributed by atoms with Crippen LogP contribution in [0.2, 0.25) is 0 Å². The summed E-state index contributed by atoms with van der Waals surface area (Å²) in [6.07, 6.45) is 74.0. The van der Waals surface area contributed by atoms with Gasteiger partial charge in [0.15, 0.2) is 0 Å². The quantitative estimate of drug-likeness (QED) is 0.0321. The van der Waals surface area contributed by atoms with E-state index in [1.165, 1.54) is 96.3 Å². The Balaban J connectivity index is 4.68. The average Bonchev–Trinajstić information content (AvgIpc) is 3.32. The highest BCUT2D eigenvalue weighted by Crippen LogP contribution is 2.17. The Morgan fingerprint density at radius 1 is 0.448 bits per heavy atom. The Morgan fingerprint density at radius 2 is 0.851 bits per heavy atom. The maximum atomic E-state index is 13.2. The highest BCUT2D eigenvalue weighted by Gasteiger charge is 2.24. The van der Waals surface area contributed by atoms with E-state index in [0.29, 0.717) is 19.3 Å². The monoisotopic (exact) mass is 928 g/mol. The van der Waals surface area contributed by atoms with Crippen molar-refractivity contribution in [3.63, 3.8) is 0 Å². The number of aliphatic hydroxyl groups is 2. The summed E-state index contributed by atoms with van der Waals surface area (Å²) in [5.41, 5.74) is 0. The standard InChI is InChI=1S/C61H101NO5/c1-4-7-10-13-16-19-22-25-27-29-31-33-36-39-42-45-48-51-54-61(66)67-57(52-49-46-43-40-37-34-24-21-18-15-12-9-6-3)55-60(65)62-58(56-63)59(64)53-50-47-44-41-38-35-32-30-28-26-23-20-17-14-11-8-5-2/h9-10,12-13,15-16,18-19,21-22,24-25,27,29,31,33-34,37,40,43,57-59,63-64H,4-8,11,14,17,20,23,26,28,30,32,35-36,38-39,41-42,44-56H2,1-3H3,(H,62,65)/b12-9+,13-10+,18-15+,19-16+,24-21-,25-22+,29-27+,33-31+,37-34-,43-40+. The van der Waals surface area contributed by atoms with Crippen LogP contribution in [0.5, 0.6) is 0 Å². The highest BCUT2D eigenvalue weighted by atomic mass is 16.5. The number of unbranched alkanes of at least 4 members (excludes halogenated alkanes) is 23. The van der Waals surface area contributed by atoms with Crippen LogP contribution in [0.3, 0.4) is 0 Å². The molecule has 0 aromatic rings. The van der Waals surface area contributed by atoms with Crippen LogP contribution in [0.15, 0.2) is 122 Å². The lowest BCUT2D eigenvalue weighted by atomic mass is 10.0. The van der Waals surface area contributed by atoms with Gasteiger partial charge in [0.05, 0.1) is 25.2 Å². The number of carbonyl (C=O) groups excluding carboxylic acids is 2. The molecule has 0 fully saturated rings. The van der Waals surface area contributed by atoms with E-state index in [4.69, 9.17) is 4.74 Å². The molecule has 0 heterocycles. The Labute approximate surface area is 412 Å². The fourth-order valence-electron chi connectivity index (χ4n) is 7.66. The molecule has 6 heteroatoms. The molecule has 0 radical (unpaired) electrons. The molecule has 1 amide bonds. The van der Waals surface area contributed by atoms with Crippen molar-refractivity contribution in [3.8, 4) is 0 Å². The number of ether oxygens (including phenoxy) is 1. The van der Waals surface area contributed by atoms with Crippen LogP contribution in [0.4, 0.5) is 0 Å². The van der Waals surface area contributed by atoms with E-state index in [2.05, 4.69) is 74.7 Å². The summed E-state index contributed by atoms with van der Waals surface area (Å²) < 4.78 is 5.89. The van der Waals surface area contributed by atoms with Gasteiger partial charge < -0.3 is 20.3 Å². The van der Waals surface area contributed by atoms with E-state index in [-0.39, 0.29) is 24.9 Å². The predicted molar refractivity (Wildman–Crippen MR) is 291 cm³/mol. The number of hydrogen-bond donors (Lipinski definition) is 3. The second-order valence-electron chi connectivity index (χ2n) is 18.1. The molecular formula is C61H101NO5. The molecule has 3 unspecified atom stereocenters. The van der Waals surface area contributed by atoms with Crippen LogP contribution >= 0.6 is 0 Å². The van der Waals surface area contributed by atoms with Crippen molar-refractivity contribution in [2.75, 3.05) is 6.61 Å². The first kappa shape index (κ1) is 63.3. The number of esters is 1. The number of carbonyl (C=O) groups is 2. The lowest BCUT2D eigenvalue weighted by Gasteiger charge is -2.24. The Bertz CT molecular complexity index is 1410. The summed E-state index contributed by atoms with van der Waals surface area (Å²) in [5, 5.41) is 23.8. The van der Waals surface area contributed by atoms with Crippen LogP contribution in [-0.2, 0) is 14.3 Å². The van der Waals surface area contributed by atoms with Gasteiger partial charge in [-0.2, -0.15) is 0 Å². The SMILES string of the molecule is CC/C=C/C=C/C=C\C=C/C=C/CCCC(CC(=O)NC(CO)C(O)CCCCCCCCCCCCCCCCCCC)OC(=O)CCCCCCC/C=C/C=C/C=C/C=C/C=C/CCC. The molecule has 6 nitrogen and oxygen atoms in total. The van der Waals surface area contributed by atoms with E-state index in [9.17, 15) is 19.8 Å². The Hall–Kier alpha value is -3.74. The van der Waals surface area contributed by atoms with Gasteiger partial charge in [-0.15, -0.1) is 0 Å². The minimum absolute atomic E-state index is 0.0101. The molecule has 380 valence electrons. The fourth-order valence-corrected chi connectivity index (χ4v) is 7.66. The van der Waals surface area contributed by atoms with Crippen LogP contribution < -0.4 is 5.32 Å². The molecule has 0 saturated carbocycles. The smallest absolute Gasteiger partial charge is 0.306 e. The number of amides is 1. The predicted octanol–water partition coefficient (Wildman–Crippen LogP) is 16.8. The Kier molecular flexibility index (Phi) is 50.2. The second kappa shape index (κ2) is 53.2. The normalized spacial score (nSPS) is 14.2. The zero-order valence-corrected chi connectivity index (χ0v) is 43.2. The summed E-state index contributed by atoms with van der Waals surface area (Å²) in [5.74, 6) is -0.584. The average molecular weight is 928 g/mol. The minimum atomic E-state index is -0.820. The molecule has 0 aromatic carbocycles. The van der Waals surface area contributed by atoms with Crippen LogP contribution in [-0.4, -0.2) is 46.9 Å². The van der Waals surface area contributed by atoms with Gasteiger partial charge in [0, 0.05) is 6.42 Å². The highest BCUT2D eigenvalue weighted by molar-refractivity contribution is 5.77. The molecule has 67 heavy (non-hydrogen) atoms. The third kappa shape index (κ3) is 48.5. The van der Waals surface area contributed by atoms with E-state index in [1.807, 2.05) is 72.9 Å². The second-order valence-corrected chi connectivity index (χ2v) is 18.1. The van der Waals surface area contributed by atoms with E-state index in [1.54, 1.807) is 0 Å². The third-order valence-electron chi connectivity index (χ3n) is 11.8. The third-order valence-corrected chi connectivity index (χ3v) is 11.8. The van der Waals surface area contributed by atoms with Gasteiger partial charge in [-0.25, -0.2) is 0 Å². The Morgan fingerprint density at radius 3 is 1.31 bits per heavy atom. The van der Waals surface area contributed by atoms with Crippen molar-refractivity contribution in [3.05, 3.63) is 122 Å². The van der Waals surface area contributed by atoms with E-state index >= 15 is 0 Å². The molecule has 3 N–H and O–H groups in total. The lowest BCUT2D eigenvalue weighted by molar-refractivity contribution is -0.151. The van der Waals surface area contributed by atoms with Crippen molar-refractivity contribution in [1.29, 1.82) is 0 Å². The van der Waals surface area contributed by atoms with Crippen molar-refractivity contribution < 1.29 is 24.5 Å². The molecule has 0 aliphatic carbocycles. The first-order valence-electron chi connectivity index (χ1n) is 27.4. The van der Waals surface area contributed by atoms with Crippen LogP contribution in [0, 0.1) is 0 Å². The number of nitrogens with one attached hydrogen (secondary N) is 1. The number of allylic oxidation sites excluding steroid dienone is 20. The fraction of sp³-hybridized carbons (Fsp3) is 0.639. The van der Waals surface area contributed by atoms with Gasteiger partial charge in [-0.05, 0) is 57.8 Å². The number of aliphatic hydroxyl groups excluding tert-OH is 2. The lowest BCUT2D eigenvalue weighted by Crippen LogP contribution is -2.46. The van der Waals surface area contributed by atoms with Gasteiger partial charge in [0.25, 0.3) is 0 Å². The zero-order valence-electron chi connectivity index (χ0n) is 43.2. The summed E-state index contributed by atoms with van der Waals surface area (Å²) >= 11 is 0. The van der Waals surface area contributed by atoms with Gasteiger partial charge in [0.2, 0.25) is 5.91 Å². The summed E-state index contributed by atoms with van der Waals surface area (Å²) in [7, 11) is 0. The molecule has 0 bridgehead atoms. The van der Waals surface area contributed by atoms with E-state index in [0.717, 1.165) is 83.5 Å². The van der Waals surface area contributed by atoms with Crippen molar-refractivity contribution in [2.45, 2.75) is 244 Å². The molecule has 0 saturated heterocycles. The first-order valence-corrected chi connectivity index (χ1v) is 27.4. The van der Waals surface area contributed by atoms with Gasteiger partial charge in [-0.1, -0.05) is 277 Å². The van der Waals surface area contributed by atoms with Crippen LogP contribution in [0.1, 0.15) is 226 Å². The largest absolute Gasteiger partial charge is 0.462 e. The molecule has 0 rings (SSSR count). The van der Waals surface area contributed by atoms with Gasteiger partial charge >= 0.3 is 5.97 Å². The van der Waals surface area contributed by atoms with Gasteiger partial charge in [-0.3, -0.25) is 9.59 Å². The minimum Gasteiger partial charge on any atom is -0.462 e. The molecule has 0 aliphatic heterocycles. The molecule has 0 aromatic heterocycles. The van der Waals surface area contributed by atoms with Gasteiger partial charge in [0.1, 0.15) is 6.10 Å². The maximum Gasteiger partial charge on any atom is 0.306 e. The zero-order chi connectivity index (χ0) is 48.8. The molecule has 0 aliphatic rings. The molecular weight excluding hydrogens is 827 g/mol. The summed E-state index contributed by atoms with van der Waals surface area (Å²) in [6.45, 7) is 6.23.